The molecule has 0 bridgehead atoms. The Morgan fingerprint density at radius 1 is 0.969 bits per heavy atom. The van der Waals surface area contributed by atoms with Crippen LogP contribution >= 0.6 is 0 Å². The first-order chi connectivity index (χ1) is 15.3. The van der Waals surface area contributed by atoms with E-state index in [-0.39, 0.29) is 23.2 Å². The number of carbonyl (C=O) groups excluding carboxylic acids is 1. The molecule has 3 aromatic rings. The van der Waals surface area contributed by atoms with Crippen molar-refractivity contribution in [3.05, 3.63) is 101 Å². The Balaban J connectivity index is 1.66. The van der Waals surface area contributed by atoms with E-state index in [9.17, 15) is 17.6 Å². The van der Waals surface area contributed by atoms with E-state index in [1.807, 2.05) is 30.3 Å². The average molecular weight is 453 g/mol. The fourth-order valence-corrected chi connectivity index (χ4v) is 4.08. The molecule has 1 aliphatic heterocycles. The van der Waals surface area contributed by atoms with Gasteiger partial charge in [0.25, 0.3) is 5.91 Å². The lowest BCUT2D eigenvalue weighted by Gasteiger charge is -2.31. The number of sulfone groups is 1. The number of halogens is 1. The highest BCUT2D eigenvalue weighted by Gasteiger charge is 2.35. The highest BCUT2D eigenvalue weighted by atomic mass is 32.2. The quantitative estimate of drug-likeness (QED) is 0.573. The Hall–Kier alpha value is -3.52. The van der Waals surface area contributed by atoms with Crippen LogP contribution in [-0.4, -0.2) is 37.4 Å². The summed E-state index contributed by atoms with van der Waals surface area (Å²) in [6.45, 7) is 0.132. The van der Waals surface area contributed by atoms with Crippen LogP contribution in [0.5, 0.6) is 0 Å². The summed E-state index contributed by atoms with van der Waals surface area (Å²) >= 11 is 0. The second-order valence-electron chi connectivity index (χ2n) is 7.55. The molecule has 1 atom stereocenters. The van der Waals surface area contributed by atoms with Gasteiger partial charge in [0.15, 0.2) is 15.7 Å². The third kappa shape index (κ3) is 4.86. The van der Waals surface area contributed by atoms with Crippen molar-refractivity contribution in [3.63, 3.8) is 0 Å². The molecule has 0 spiro atoms. The molecule has 1 aliphatic rings. The monoisotopic (exact) mass is 452 g/mol. The molecular formula is C24H21FN2O4S. The van der Waals surface area contributed by atoms with Gasteiger partial charge in [-0.15, -0.1) is 0 Å². The molecule has 1 unspecified atom stereocenters. The van der Waals surface area contributed by atoms with Crippen LogP contribution in [0.15, 0.2) is 88.9 Å². The summed E-state index contributed by atoms with van der Waals surface area (Å²) in [6.07, 6.45) is 0.643. The van der Waals surface area contributed by atoms with Gasteiger partial charge in [-0.3, -0.25) is 9.69 Å². The fraction of sp³-hybridized carbons (Fsp3) is 0.167. The molecule has 0 radical (unpaired) electrons. The molecule has 0 N–H and O–H groups in total. The van der Waals surface area contributed by atoms with Crippen LogP contribution in [-0.2, 0) is 32.4 Å². The number of carbonyl (C=O) groups is 1. The number of amidine groups is 1. The van der Waals surface area contributed by atoms with Crippen LogP contribution in [0.3, 0.4) is 0 Å². The zero-order valence-electron chi connectivity index (χ0n) is 17.3. The minimum atomic E-state index is -3.33. The van der Waals surface area contributed by atoms with E-state index in [0.29, 0.717) is 17.5 Å². The van der Waals surface area contributed by atoms with Crippen molar-refractivity contribution in [1.82, 2.24) is 4.90 Å². The molecule has 0 fully saturated rings. The summed E-state index contributed by atoms with van der Waals surface area (Å²) in [6, 6.07) is 21.5. The van der Waals surface area contributed by atoms with Gasteiger partial charge in [0.05, 0.1) is 11.4 Å². The second kappa shape index (κ2) is 8.92. The molecule has 0 aliphatic carbocycles. The molecule has 1 amide bonds. The molecule has 1 heterocycles. The number of nitrogens with zero attached hydrogens (tertiary/aromatic N) is 2. The summed E-state index contributed by atoms with van der Waals surface area (Å²) in [5.74, 6) is -0.567. The number of rotatable bonds is 6. The third-order valence-electron chi connectivity index (χ3n) is 5.10. The molecular weight excluding hydrogens is 431 g/mol. The molecule has 164 valence electrons. The van der Waals surface area contributed by atoms with Gasteiger partial charge in [-0.1, -0.05) is 59.8 Å². The van der Waals surface area contributed by atoms with Crippen molar-refractivity contribution < 1.29 is 22.4 Å². The predicted molar refractivity (Wildman–Crippen MR) is 118 cm³/mol. The smallest absolute Gasteiger partial charge is 0.272 e. The first-order valence-electron chi connectivity index (χ1n) is 9.95. The van der Waals surface area contributed by atoms with Gasteiger partial charge >= 0.3 is 0 Å². The van der Waals surface area contributed by atoms with Crippen molar-refractivity contribution in [2.24, 2.45) is 5.16 Å². The lowest BCUT2D eigenvalue weighted by Crippen LogP contribution is -2.48. The van der Waals surface area contributed by atoms with E-state index >= 15 is 0 Å². The van der Waals surface area contributed by atoms with Crippen LogP contribution in [0, 0.1) is 5.82 Å². The van der Waals surface area contributed by atoms with Gasteiger partial charge in [-0.25, -0.2) is 12.8 Å². The van der Waals surface area contributed by atoms with Crippen LogP contribution in [0.25, 0.3) is 0 Å². The van der Waals surface area contributed by atoms with Crippen LogP contribution < -0.4 is 0 Å². The molecule has 0 saturated heterocycles. The molecule has 6 nitrogen and oxygen atoms in total. The van der Waals surface area contributed by atoms with Crippen molar-refractivity contribution in [3.8, 4) is 0 Å². The number of benzene rings is 3. The van der Waals surface area contributed by atoms with Crippen molar-refractivity contribution in [2.45, 2.75) is 24.0 Å². The highest BCUT2D eigenvalue weighted by molar-refractivity contribution is 7.90. The summed E-state index contributed by atoms with van der Waals surface area (Å²) in [5.41, 5.74) is 2.03. The standard InChI is InChI=1S/C24H21FN2O4S/c1-32(29,30)21-12-10-18(11-13-21)16-27-23(19-8-5-9-20(25)15-19)26-31-22(24(27)28)14-17-6-3-2-4-7-17/h2-13,15,22H,14,16H2,1H3. The molecule has 0 saturated carbocycles. The Morgan fingerprint density at radius 3 is 2.34 bits per heavy atom. The first kappa shape index (κ1) is 21.7. The van der Waals surface area contributed by atoms with E-state index in [2.05, 4.69) is 5.16 Å². The van der Waals surface area contributed by atoms with E-state index in [1.54, 1.807) is 18.2 Å². The van der Waals surface area contributed by atoms with Gasteiger partial charge in [0.1, 0.15) is 5.82 Å². The van der Waals surface area contributed by atoms with E-state index in [0.717, 1.165) is 11.8 Å². The van der Waals surface area contributed by atoms with Crippen LogP contribution in [0.1, 0.15) is 16.7 Å². The zero-order valence-corrected chi connectivity index (χ0v) is 18.1. The predicted octanol–water partition coefficient (Wildman–Crippen LogP) is 3.56. The van der Waals surface area contributed by atoms with Crippen molar-refractivity contribution in [1.29, 1.82) is 0 Å². The van der Waals surface area contributed by atoms with Crippen LogP contribution in [0.2, 0.25) is 0 Å². The van der Waals surface area contributed by atoms with E-state index < -0.39 is 21.8 Å². The second-order valence-corrected chi connectivity index (χ2v) is 9.57. The molecule has 4 rings (SSSR count). The fourth-order valence-electron chi connectivity index (χ4n) is 3.45. The lowest BCUT2D eigenvalue weighted by molar-refractivity contribution is -0.143. The summed E-state index contributed by atoms with van der Waals surface area (Å²) < 4.78 is 37.3. The van der Waals surface area contributed by atoms with Gasteiger partial charge in [-0.2, -0.15) is 0 Å². The normalized spacial score (nSPS) is 16.4. The van der Waals surface area contributed by atoms with E-state index in [4.69, 9.17) is 4.84 Å². The Labute approximate surface area is 185 Å². The largest absolute Gasteiger partial charge is 0.380 e. The minimum absolute atomic E-state index is 0.132. The highest BCUT2D eigenvalue weighted by Crippen LogP contribution is 2.22. The van der Waals surface area contributed by atoms with Crippen molar-refractivity contribution >= 4 is 21.6 Å². The SMILES string of the molecule is CS(=O)(=O)c1ccc(CN2C(=O)C(Cc3ccccc3)ON=C2c2cccc(F)c2)cc1. The maximum absolute atomic E-state index is 13.8. The number of amides is 1. The number of hydrogen-bond donors (Lipinski definition) is 0. The topological polar surface area (TPSA) is 76.0 Å². The van der Waals surface area contributed by atoms with Crippen LogP contribution in [0.4, 0.5) is 4.39 Å². The molecule has 0 aromatic heterocycles. The van der Waals surface area contributed by atoms with Gasteiger partial charge in [0, 0.05) is 18.2 Å². The van der Waals surface area contributed by atoms with Crippen molar-refractivity contribution in [2.75, 3.05) is 6.26 Å². The van der Waals surface area contributed by atoms with E-state index in [1.165, 1.54) is 35.2 Å². The van der Waals surface area contributed by atoms with Gasteiger partial charge in [0.2, 0.25) is 6.10 Å². The average Bonchev–Trinajstić information content (AvgIpc) is 2.77. The molecule has 8 heteroatoms. The first-order valence-corrected chi connectivity index (χ1v) is 11.8. The third-order valence-corrected chi connectivity index (χ3v) is 6.23. The lowest BCUT2D eigenvalue weighted by atomic mass is 10.0. The van der Waals surface area contributed by atoms with Gasteiger partial charge < -0.3 is 4.84 Å². The number of hydrogen-bond acceptors (Lipinski definition) is 5. The Morgan fingerprint density at radius 2 is 1.69 bits per heavy atom. The minimum Gasteiger partial charge on any atom is -0.380 e. The molecule has 3 aromatic carbocycles. The zero-order chi connectivity index (χ0) is 22.7. The Kier molecular flexibility index (Phi) is 6.05. The summed E-state index contributed by atoms with van der Waals surface area (Å²) in [4.78, 5) is 20.5. The summed E-state index contributed by atoms with van der Waals surface area (Å²) in [7, 11) is -3.33. The maximum Gasteiger partial charge on any atom is 0.272 e. The Bertz CT molecular complexity index is 1260. The molecule has 32 heavy (non-hydrogen) atoms. The van der Waals surface area contributed by atoms with Gasteiger partial charge in [-0.05, 0) is 35.4 Å². The number of oxime groups is 1. The summed E-state index contributed by atoms with van der Waals surface area (Å²) in [5, 5.41) is 4.16. The maximum atomic E-state index is 13.8.